The van der Waals surface area contributed by atoms with Crippen molar-refractivity contribution < 1.29 is 9.59 Å². The molecule has 3 nitrogen and oxygen atoms in total. The number of carbonyl (C=O) groups excluding carboxylic acids is 2. The van der Waals surface area contributed by atoms with E-state index in [4.69, 9.17) is 0 Å². The van der Waals surface area contributed by atoms with Crippen molar-refractivity contribution in [3.8, 4) is 0 Å². The van der Waals surface area contributed by atoms with Gasteiger partial charge in [0.15, 0.2) is 5.78 Å². The van der Waals surface area contributed by atoms with Crippen LogP contribution in [0.1, 0.15) is 35.3 Å². The molecule has 4 heteroatoms. The van der Waals surface area contributed by atoms with E-state index >= 15 is 0 Å². The molecule has 24 heavy (non-hydrogen) atoms. The van der Waals surface area contributed by atoms with E-state index in [0.717, 1.165) is 22.4 Å². The van der Waals surface area contributed by atoms with Gasteiger partial charge >= 0.3 is 0 Å². The maximum atomic E-state index is 12.6. The van der Waals surface area contributed by atoms with E-state index in [0.29, 0.717) is 6.54 Å². The molecule has 2 aromatic rings. The Bertz CT molecular complexity index is 693. The van der Waals surface area contributed by atoms with Gasteiger partial charge in [-0.3, -0.25) is 9.59 Å². The quantitative estimate of drug-likeness (QED) is 0.611. The van der Waals surface area contributed by atoms with Crippen LogP contribution in [0.4, 0.5) is 0 Å². The third-order valence-corrected chi connectivity index (χ3v) is 4.84. The topological polar surface area (TPSA) is 46.2 Å². The first kappa shape index (κ1) is 18.3. The van der Waals surface area contributed by atoms with Crippen LogP contribution in [0.25, 0.3) is 0 Å². The Morgan fingerprint density at radius 1 is 1.04 bits per heavy atom. The molecule has 1 amide bonds. The zero-order valence-electron chi connectivity index (χ0n) is 14.3. The standard InChI is InChI=1S/C20H23NO2S/c1-14-4-10-19(11-5-14)24-15(2)20(23)18-8-6-17(7-9-18)12-13-21-16(3)22/h4-11,15H,12-13H2,1-3H3,(H,21,22). The zero-order valence-corrected chi connectivity index (χ0v) is 15.2. The van der Waals surface area contributed by atoms with Crippen molar-refractivity contribution in [2.75, 3.05) is 6.54 Å². The van der Waals surface area contributed by atoms with Crippen molar-refractivity contribution in [2.45, 2.75) is 37.3 Å². The molecule has 1 unspecified atom stereocenters. The molecular weight excluding hydrogens is 318 g/mol. The third kappa shape index (κ3) is 5.53. The predicted octanol–water partition coefficient (Wildman–Crippen LogP) is 4.04. The molecule has 0 aliphatic rings. The number of aryl methyl sites for hydroxylation is 1. The second kappa shape index (κ2) is 8.69. The number of amides is 1. The van der Waals surface area contributed by atoms with Gasteiger partial charge in [0.1, 0.15) is 0 Å². The van der Waals surface area contributed by atoms with Gasteiger partial charge in [-0.25, -0.2) is 0 Å². The fourth-order valence-electron chi connectivity index (χ4n) is 2.33. The Hall–Kier alpha value is -2.07. The summed E-state index contributed by atoms with van der Waals surface area (Å²) in [6, 6.07) is 15.9. The molecule has 1 atom stereocenters. The van der Waals surface area contributed by atoms with Gasteiger partial charge in [0.2, 0.25) is 5.91 Å². The summed E-state index contributed by atoms with van der Waals surface area (Å²) < 4.78 is 0. The largest absolute Gasteiger partial charge is 0.356 e. The average molecular weight is 341 g/mol. The average Bonchev–Trinajstić information content (AvgIpc) is 2.56. The normalized spacial score (nSPS) is 11.8. The van der Waals surface area contributed by atoms with Crippen molar-refractivity contribution in [2.24, 2.45) is 0 Å². The molecule has 0 aliphatic carbocycles. The Morgan fingerprint density at radius 3 is 2.25 bits per heavy atom. The lowest BCUT2D eigenvalue weighted by atomic mass is 10.0. The zero-order chi connectivity index (χ0) is 17.5. The van der Waals surface area contributed by atoms with Crippen molar-refractivity contribution in [1.82, 2.24) is 5.32 Å². The van der Waals surface area contributed by atoms with Crippen LogP contribution in [0.15, 0.2) is 53.4 Å². The van der Waals surface area contributed by atoms with Crippen LogP contribution >= 0.6 is 11.8 Å². The van der Waals surface area contributed by atoms with Crippen molar-refractivity contribution >= 4 is 23.5 Å². The molecule has 1 N–H and O–H groups in total. The number of nitrogens with one attached hydrogen (secondary N) is 1. The Labute approximate surface area is 147 Å². The molecule has 0 fully saturated rings. The Balaban J connectivity index is 1.93. The monoisotopic (exact) mass is 341 g/mol. The summed E-state index contributed by atoms with van der Waals surface area (Å²) in [4.78, 5) is 24.5. The molecule has 2 aromatic carbocycles. The lowest BCUT2D eigenvalue weighted by Gasteiger charge is -2.11. The van der Waals surface area contributed by atoms with Crippen LogP contribution in [-0.4, -0.2) is 23.5 Å². The van der Waals surface area contributed by atoms with Crippen LogP contribution in [0.2, 0.25) is 0 Å². The molecule has 0 bridgehead atoms. The molecule has 2 rings (SSSR count). The second-order valence-electron chi connectivity index (χ2n) is 5.87. The lowest BCUT2D eigenvalue weighted by molar-refractivity contribution is -0.118. The molecular formula is C20H23NO2S. The van der Waals surface area contributed by atoms with E-state index in [-0.39, 0.29) is 16.9 Å². The van der Waals surface area contributed by atoms with E-state index in [2.05, 4.69) is 36.5 Å². The van der Waals surface area contributed by atoms with E-state index in [9.17, 15) is 9.59 Å². The van der Waals surface area contributed by atoms with Gasteiger partial charge in [0.25, 0.3) is 0 Å². The van der Waals surface area contributed by atoms with Gasteiger partial charge in [0, 0.05) is 23.9 Å². The summed E-state index contributed by atoms with van der Waals surface area (Å²) in [5, 5.41) is 2.64. The van der Waals surface area contributed by atoms with Gasteiger partial charge in [-0.15, -0.1) is 11.8 Å². The summed E-state index contributed by atoms with van der Waals surface area (Å²) in [6.45, 7) is 6.12. The van der Waals surface area contributed by atoms with Crippen molar-refractivity contribution in [3.63, 3.8) is 0 Å². The SMILES string of the molecule is CC(=O)NCCc1ccc(C(=O)C(C)Sc2ccc(C)cc2)cc1. The molecule has 0 saturated heterocycles. The second-order valence-corrected chi connectivity index (χ2v) is 7.28. The van der Waals surface area contributed by atoms with Gasteiger partial charge in [0.05, 0.1) is 5.25 Å². The van der Waals surface area contributed by atoms with Gasteiger partial charge in [-0.1, -0.05) is 42.0 Å². The fourth-order valence-corrected chi connectivity index (χ4v) is 3.27. The molecule has 0 aromatic heterocycles. The van der Waals surface area contributed by atoms with Crippen molar-refractivity contribution in [1.29, 1.82) is 0 Å². The number of thioether (sulfide) groups is 1. The number of ketones is 1. The summed E-state index contributed by atoms with van der Waals surface area (Å²) in [6.07, 6.45) is 0.766. The highest BCUT2D eigenvalue weighted by Crippen LogP contribution is 2.26. The van der Waals surface area contributed by atoms with E-state index in [1.807, 2.05) is 31.2 Å². The van der Waals surface area contributed by atoms with Crippen molar-refractivity contribution in [3.05, 3.63) is 65.2 Å². The minimum atomic E-state index is -0.127. The number of Topliss-reactive ketones (excluding diaryl/α,β-unsaturated/α-hetero) is 1. The minimum absolute atomic E-state index is 0.0243. The number of benzene rings is 2. The van der Waals surface area contributed by atoms with Crippen LogP contribution in [-0.2, 0) is 11.2 Å². The summed E-state index contributed by atoms with van der Waals surface area (Å²) in [5.74, 6) is 0.109. The van der Waals surface area contributed by atoms with Crippen LogP contribution in [0.3, 0.4) is 0 Å². The molecule has 0 saturated carbocycles. The van der Waals surface area contributed by atoms with Gasteiger partial charge < -0.3 is 5.32 Å². The van der Waals surface area contributed by atoms with E-state index in [1.54, 1.807) is 11.8 Å². The summed E-state index contributed by atoms with van der Waals surface area (Å²) >= 11 is 1.58. The first-order valence-corrected chi connectivity index (χ1v) is 8.94. The highest BCUT2D eigenvalue weighted by Gasteiger charge is 2.16. The minimum Gasteiger partial charge on any atom is -0.356 e. The number of hydrogen-bond donors (Lipinski definition) is 1. The van der Waals surface area contributed by atoms with Crippen LogP contribution < -0.4 is 5.32 Å². The fraction of sp³-hybridized carbons (Fsp3) is 0.300. The summed E-state index contributed by atoms with van der Waals surface area (Å²) in [7, 11) is 0. The van der Waals surface area contributed by atoms with Gasteiger partial charge in [-0.05, 0) is 38.0 Å². The van der Waals surface area contributed by atoms with Gasteiger partial charge in [-0.2, -0.15) is 0 Å². The first-order valence-electron chi connectivity index (χ1n) is 8.06. The number of carbonyl (C=O) groups is 2. The molecule has 0 aliphatic heterocycles. The Kier molecular flexibility index (Phi) is 6.62. The lowest BCUT2D eigenvalue weighted by Crippen LogP contribution is -2.22. The molecule has 0 spiro atoms. The number of rotatable bonds is 7. The first-order chi connectivity index (χ1) is 11.5. The van der Waals surface area contributed by atoms with Crippen LogP contribution in [0, 0.1) is 6.92 Å². The predicted molar refractivity (Wildman–Crippen MR) is 99.7 cm³/mol. The molecule has 0 radical (unpaired) electrons. The highest BCUT2D eigenvalue weighted by molar-refractivity contribution is 8.00. The van der Waals surface area contributed by atoms with E-state index in [1.165, 1.54) is 12.5 Å². The maximum absolute atomic E-state index is 12.6. The Morgan fingerprint density at radius 2 is 1.67 bits per heavy atom. The molecule has 126 valence electrons. The number of hydrogen-bond acceptors (Lipinski definition) is 3. The van der Waals surface area contributed by atoms with E-state index < -0.39 is 0 Å². The maximum Gasteiger partial charge on any atom is 0.216 e. The third-order valence-electron chi connectivity index (χ3n) is 3.73. The highest BCUT2D eigenvalue weighted by atomic mass is 32.2. The smallest absolute Gasteiger partial charge is 0.216 e. The summed E-state index contributed by atoms with van der Waals surface area (Å²) in [5.41, 5.74) is 3.05. The van der Waals surface area contributed by atoms with Crippen LogP contribution in [0.5, 0.6) is 0 Å². The molecule has 0 heterocycles.